The fourth-order valence-corrected chi connectivity index (χ4v) is 2.01. The van der Waals surface area contributed by atoms with Crippen LogP contribution in [0.25, 0.3) is 0 Å². The predicted octanol–water partition coefficient (Wildman–Crippen LogP) is 2.68. The molecule has 0 aliphatic carbocycles. The molecule has 0 bridgehead atoms. The molecular formula is C16H23N5. The van der Waals surface area contributed by atoms with Crippen molar-refractivity contribution in [3.63, 3.8) is 0 Å². The third-order valence-electron chi connectivity index (χ3n) is 3.23. The standard InChI is InChI=1S/C16H23N5/c1-4-8-18-15-12-13(2)19-16(20-15)21(3)11-7-14-5-9-17-10-6-14/h5-6,9-10,12H,4,7-8,11H2,1-3H3,(H,18,19,20). The van der Waals surface area contributed by atoms with Crippen molar-refractivity contribution in [1.29, 1.82) is 0 Å². The van der Waals surface area contributed by atoms with E-state index in [1.807, 2.05) is 44.6 Å². The minimum atomic E-state index is 0.766. The predicted molar refractivity (Wildman–Crippen MR) is 86.8 cm³/mol. The van der Waals surface area contributed by atoms with Crippen molar-refractivity contribution in [3.8, 4) is 0 Å². The van der Waals surface area contributed by atoms with Gasteiger partial charge in [0.15, 0.2) is 0 Å². The van der Waals surface area contributed by atoms with Crippen LogP contribution in [0.15, 0.2) is 30.6 Å². The molecule has 0 aromatic carbocycles. The zero-order valence-electron chi connectivity index (χ0n) is 13.0. The van der Waals surface area contributed by atoms with Crippen LogP contribution in [0.2, 0.25) is 0 Å². The maximum Gasteiger partial charge on any atom is 0.227 e. The number of pyridine rings is 1. The maximum atomic E-state index is 4.57. The van der Waals surface area contributed by atoms with Gasteiger partial charge < -0.3 is 10.2 Å². The number of likely N-dealkylation sites (N-methyl/N-ethyl adjacent to an activating group) is 1. The van der Waals surface area contributed by atoms with E-state index in [4.69, 9.17) is 0 Å². The highest BCUT2D eigenvalue weighted by Crippen LogP contribution is 2.13. The second kappa shape index (κ2) is 7.57. The van der Waals surface area contributed by atoms with E-state index in [0.717, 1.165) is 43.4 Å². The fourth-order valence-electron chi connectivity index (χ4n) is 2.01. The molecule has 0 saturated heterocycles. The zero-order valence-corrected chi connectivity index (χ0v) is 13.0. The molecule has 0 atom stereocenters. The average molecular weight is 285 g/mol. The summed E-state index contributed by atoms with van der Waals surface area (Å²) in [6.45, 7) is 5.94. The third-order valence-corrected chi connectivity index (χ3v) is 3.23. The van der Waals surface area contributed by atoms with E-state index >= 15 is 0 Å². The molecule has 0 radical (unpaired) electrons. The molecule has 21 heavy (non-hydrogen) atoms. The first-order chi connectivity index (χ1) is 10.2. The molecule has 2 aromatic heterocycles. The molecule has 5 nitrogen and oxygen atoms in total. The van der Waals surface area contributed by atoms with Crippen LogP contribution in [0.3, 0.4) is 0 Å². The first kappa shape index (κ1) is 15.2. The summed E-state index contributed by atoms with van der Waals surface area (Å²) in [6, 6.07) is 6.06. The van der Waals surface area contributed by atoms with Gasteiger partial charge in [0, 0.05) is 44.3 Å². The summed E-state index contributed by atoms with van der Waals surface area (Å²) in [5.41, 5.74) is 2.25. The van der Waals surface area contributed by atoms with Gasteiger partial charge in [-0.3, -0.25) is 4.98 Å². The van der Waals surface area contributed by atoms with Crippen LogP contribution in [0.4, 0.5) is 11.8 Å². The monoisotopic (exact) mass is 285 g/mol. The molecule has 0 unspecified atom stereocenters. The first-order valence-corrected chi connectivity index (χ1v) is 7.38. The molecule has 2 heterocycles. The van der Waals surface area contributed by atoms with Gasteiger partial charge in [-0.1, -0.05) is 6.92 Å². The normalized spacial score (nSPS) is 10.4. The van der Waals surface area contributed by atoms with E-state index in [0.29, 0.717) is 0 Å². The van der Waals surface area contributed by atoms with Crippen LogP contribution in [0.1, 0.15) is 24.6 Å². The third kappa shape index (κ3) is 4.70. The molecule has 0 aliphatic heterocycles. The minimum Gasteiger partial charge on any atom is -0.370 e. The van der Waals surface area contributed by atoms with E-state index in [2.05, 4.69) is 32.1 Å². The van der Waals surface area contributed by atoms with Crippen molar-refractivity contribution in [2.75, 3.05) is 30.4 Å². The molecule has 0 fully saturated rings. The Balaban J connectivity index is 2.01. The topological polar surface area (TPSA) is 53.9 Å². The van der Waals surface area contributed by atoms with Crippen molar-refractivity contribution in [2.24, 2.45) is 0 Å². The Hall–Kier alpha value is -2.17. The molecule has 0 amide bonds. The van der Waals surface area contributed by atoms with Gasteiger partial charge in [0.25, 0.3) is 0 Å². The zero-order chi connectivity index (χ0) is 15.1. The van der Waals surface area contributed by atoms with Crippen LogP contribution >= 0.6 is 0 Å². The van der Waals surface area contributed by atoms with Crippen molar-refractivity contribution in [1.82, 2.24) is 15.0 Å². The highest BCUT2D eigenvalue weighted by Gasteiger charge is 2.07. The molecular weight excluding hydrogens is 262 g/mol. The summed E-state index contributed by atoms with van der Waals surface area (Å²) in [4.78, 5) is 15.2. The van der Waals surface area contributed by atoms with Crippen LogP contribution < -0.4 is 10.2 Å². The highest BCUT2D eigenvalue weighted by molar-refractivity contribution is 5.43. The van der Waals surface area contributed by atoms with E-state index in [1.165, 1.54) is 5.56 Å². The van der Waals surface area contributed by atoms with Crippen molar-refractivity contribution in [3.05, 3.63) is 41.9 Å². The molecule has 2 rings (SSSR count). The summed E-state index contributed by atoms with van der Waals surface area (Å²) in [6.07, 6.45) is 5.68. The lowest BCUT2D eigenvalue weighted by Crippen LogP contribution is -2.23. The van der Waals surface area contributed by atoms with E-state index in [-0.39, 0.29) is 0 Å². The quantitative estimate of drug-likeness (QED) is 0.847. The maximum absolute atomic E-state index is 4.57. The van der Waals surface area contributed by atoms with Gasteiger partial charge in [0.2, 0.25) is 5.95 Å². The Kier molecular flexibility index (Phi) is 5.49. The Morgan fingerprint density at radius 2 is 1.95 bits per heavy atom. The van der Waals surface area contributed by atoms with E-state index in [1.54, 1.807) is 0 Å². The number of nitrogens with zero attached hydrogens (tertiary/aromatic N) is 4. The smallest absolute Gasteiger partial charge is 0.227 e. The summed E-state index contributed by atoms with van der Waals surface area (Å²) in [5, 5.41) is 3.32. The lowest BCUT2D eigenvalue weighted by molar-refractivity contribution is 0.830. The average Bonchev–Trinajstić information content (AvgIpc) is 2.51. The van der Waals surface area contributed by atoms with Gasteiger partial charge in [0.1, 0.15) is 5.82 Å². The Bertz CT molecular complexity index is 556. The number of rotatable bonds is 7. The number of aryl methyl sites for hydroxylation is 1. The van der Waals surface area contributed by atoms with Gasteiger partial charge in [-0.2, -0.15) is 4.98 Å². The molecule has 2 aromatic rings. The van der Waals surface area contributed by atoms with Gasteiger partial charge in [-0.05, 0) is 37.5 Å². The number of hydrogen-bond donors (Lipinski definition) is 1. The summed E-state index contributed by atoms with van der Waals surface area (Å²) in [7, 11) is 2.03. The van der Waals surface area contributed by atoms with Gasteiger partial charge in [0.05, 0.1) is 0 Å². The lowest BCUT2D eigenvalue weighted by atomic mass is 10.2. The van der Waals surface area contributed by atoms with Gasteiger partial charge in [-0.25, -0.2) is 4.98 Å². The van der Waals surface area contributed by atoms with Crippen molar-refractivity contribution >= 4 is 11.8 Å². The Morgan fingerprint density at radius 3 is 2.67 bits per heavy atom. The molecule has 0 saturated carbocycles. The van der Waals surface area contributed by atoms with Crippen molar-refractivity contribution in [2.45, 2.75) is 26.7 Å². The first-order valence-electron chi connectivity index (χ1n) is 7.38. The molecule has 112 valence electrons. The largest absolute Gasteiger partial charge is 0.370 e. The van der Waals surface area contributed by atoms with Crippen molar-refractivity contribution < 1.29 is 0 Å². The van der Waals surface area contributed by atoms with Crippen LogP contribution in [-0.2, 0) is 6.42 Å². The molecule has 1 N–H and O–H groups in total. The second-order valence-electron chi connectivity index (χ2n) is 5.15. The highest BCUT2D eigenvalue weighted by atomic mass is 15.2. The SMILES string of the molecule is CCCNc1cc(C)nc(N(C)CCc2ccncc2)n1. The Labute approximate surface area is 126 Å². The van der Waals surface area contributed by atoms with Gasteiger partial charge >= 0.3 is 0 Å². The number of aromatic nitrogens is 3. The molecule has 0 aliphatic rings. The van der Waals surface area contributed by atoms with Crippen LogP contribution in [0, 0.1) is 6.92 Å². The van der Waals surface area contributed by atoms with Crippen LogP contribution in [-0.4, -0.2) is 35.1 Å². The summed E-state index contributed by atoms with van der Waals surface area (Å²) >= 11 is 0. The summed E-state index contributed by atoms with van der Waals surface area (Å²) < 4.78 is 0. The van der Waals surface area contributed by atoms with Gasteiger partial charge in [-0.15, -0.1) is 0 Å². The Morgan fingerprint density at radius 1 is 1.19 bits per heavy atom. The van der Waals surface area contributed by atoms with E-state index < -0.39 is 0 Å². The molecule has 0 spiro atoms. The minimum absolute atomic E-state index is 0.766. The van der Waals surface area contributed by atoms with Crippen LogP contribution in [0.5, 0.6) is 0 Å². The fraction of sp³-hybridized carbons (Fsp3) is 0.438. The number of anilines is 2. The van der Waals surface area contributed by atoms with E-state index in [9.17, 15) is 0 Å². The number of hydrogen-bond acceptors (Lipinski definition) is 5. The molecule has 5 heteroatoms. The second-order valence-corrected chi connectivity index (χ2v) is 5.15. The summed E-state index contributed by atoms with van der Waals surface area (Å²) in [5.74, 6) is 1.66. The lowest BCUT2D eigenvalue weighted by Gasteiger charge is -2.18. The number of nitrogens with one attached hydrogen (secondary N) is 1.